The van der Waals surface area contributed by atoms with Crippen molar-refractivity contribution in [3.8, 4) is 11.4 Å². The molecule has 3 amide bonds. The first kappa shape index (κ1) is 26.2. The average molecular weight is 547 g/mol. The third kappa shape index (κ3) is 5.14. The lowest BCUT2D eigenvalue weighted by Gasteiger charge is -2.18. The first-order valence-electron chi connectivity index (χ1n) is 13.7. The number of amides is 3. The molecule has 0 spiro atoms. The molecule has 3 aromatic carbocycles. The molecule has 0 unspecified atom stereocenters. The third-order valence-electron chi connectivity index (χ3n) is 7.90. The minimum Gasteiger partial charge on any atom is -0.366 e. The number of nitrogens with one attached hydrogen (secondary N) is 2. The fourth-order valence-electron chi connectivity index (χ4n) is 5.78. The number of primary amides is 1. The molecule has 0 aliphatic heterocycles. The zero-order valence-electron chi connectivity index (χ0n) is 22.6. The lowest BCUT2D eigenvalue weighted by Crippen LogP contribution is -2.25. The van der Waals surface area contributed by atoms with E-state index in [4.69, 9.17) is 10.7 Å². The van der Waals surface area contributed by atoms with Crippen molar-refractivity contribution in [1.29, 1.82) is 0 Å². The normalized spacial score (nSPS) is 16.6. The molecule has 1 fully saturated rings. The van der Waals surface area contributed by atoms with E-state index < -0.39 is 5.91 Å². The van der Waals surface area contributed by atoms with Crippen LogP contribution in [0.4, 0.5) is 0 Å². The summed E-state index contributed by atoms with van der Waals surface area (Å²) in [6.07, 6.45) is 5.93. The first-order chi connectivity index (χ1) is 19.9. The summed E-state index contributed by atoms with van der Waals surface area (Å²) in [4.78, 5) is 46.4. The number of hydrogen-bond acceptors (Lipinski definition) is 5. The summed E-state index contributed by atoms with van der Waals surface area (Å²) in [6.45, 7) is 0.255. The van der Waals surface area contributed by atoms with Gasteiger partial charge in [-0.15, -0.1) is 0 Å². The molecule has 6 rings (SSSR count). The van der Waals surface area contributed by atoms with Crippen molar-refractivity contribution < 1.29 is 14.4 Å². The van der Waals surface area contributed by atoms with Crippen molar-refractivity contribution in [3.63, 3.8) is 0 Å². The fourth-order valence-corrected chi connectivity index (χ4v) is 5.78. The minimum atomic E-state index is -0.513. The van der Waals surface area contributed by atoms with Crippen LogP contribution in [0.1, 0.15) is 51.6 Å². The van der Waals surface area contributed by atoms with E-state index in [0.29, 0.717) is 17.5 Å². The van der Waals surface area contributed by atoms with Gasteiger partial charge in [-0.25, -0.2) is 4.98 Å². The maximum Gasteiger partial charge on any atom is 0.251 e. The van der Waals surface area contributed by atoms with E-state index in [-0.39, 0.29) is 30.3 Å². The molecule has 1 saturated carbocycles. The predicted molar refractivity (Wildman–Crippen MR) is 157 cm³/mol. The summed E-state index contributed by atoms with van der Waals surface area (Å²) in [6, 6.07) is 20.6. The Labute approximate surface area is 236 Å². The van der Waals surface area contributed by atoms with Crippen LogP contribution >= 0.6 is 0 Å². The molecule has 1 aliphatic carbocycles. The number of carbonyl (C=O) groups is 3. The Kier molecular flexibility index (Phi) is 6.93. The summed E-state index contributed by atoms with van der Waals surface area (Å²) in [5.74, 6) is 0.0414. The highest BCUT2D eigenvalue weighted by molar-refractivity contribution is 5.98. The van der Waals surface area contributed by atoms with Crippen molar-refractivity contribution in [3.05, 3.63) is 95.8 Å². The quantitative estimate of drug-likeness (QED) is 0.279. The van der Waals surface area contributed by atoms with Gasteiger partial charge >= 0.3 is 0 Å². The smallest absolute Gasteiger partial charge is 0.251 e. The number of hydrogen-bond donors (Lipinski definition) is 3. The molecular formula is C32H30N6O3. The van der Waals surface area contributed by atoms with Crippen LogP contribution in [0.2, 0.25) is 0 Å². The predicted octanol–water partition coefficient (Wildman–Crippen LogP) is 4.37. The summed E-state index contributed by atoms with van der Waals surface area (Å²) < 4.78 is 2.20. The van der Waals surface area contributed by atoms with Gasteiger partial charge in [-0.3, -0.25) is 19.4 Å². The molecule has 5 aromatic rings. The lowest BCUT2D eigenvalue weighted by atomic mass is 10.1. The van der Waals surface area contributed by atoms with Crippen molar-refractivity contribution in [2.24, 2.45) is 11.7 Å². The molecule has 0 bridgehead atoms. The van der Waals surface area contributed by atoms with Gasteiger partial charge in [0.2, 0.25) is 11.8 Å². The average Bonchev–Trinajstić information content (AvgIpc) is 3.64. The van der Waals surface area contributed by atoms with Crippen LogP contribution in [0.25, 0.3) is 33.2 Å². The van der Waals surface area contributed by atoms with Crippen LogP contribution in [0.15, 0.2) is 79.1 Å². The number of fused-ring (bicyclic) bond motifs is 2. The number of nitrogens with zero attached hydrogens (tertiary/aromatic N) is 3. The van der Waals surface area contributed by atoms with Crippen LogP contribution < -0.4 is 16.4 Å². The van der Waals surface area contributed by atoms with Gasteiger partial charge in [0, 0.05) is 60.0 Å². The van der Waals surface area contributed by atoms with Gasteiger partial charge in [0.15, 0.2) is 0 Å². The Morgan fingerprint density at radius 1 is 0.976 bits per heavy atom. The third-order valence-corrected chi connectivity index (χ3v) is 7.90. The molecule has 0 radical (unpaired) electrons. The lowest BCUT2D eigenvalue weighted by molar-refractivity contribution is -0.124. The van der Waals surface area contributed by atoms with Crippen molar-refractivity contribution in [2.75, 3.05) is 7.05 Å². The number of imidazole rings is 1. The maximum absolute atomic E-state index is 13.2. The van der Waals surface area contributed by atoms with Gasteiger partial charge in [-0.05, 0) is 72.7 Å². The van der Waals surface area contributed by atoms with Crippen LogP contribution in [0, 0.1) is 5.92 Å². The van der Waals surface area contributed by atoms with Gasteiger partial charge in [-0.1, -0.05) is 24.3 Å². The first-order valence-corrected chi connectivity index (χ1v) is 13.7. The molecule has 2 heterocycles. The van der Waals surface area contributed by atoms with E-state index in [0.717, 1.165) is 51.6 Å². The monoisotopic (exact) mass is 546 g/mol. The second-order valence-electron chi connectivity index (χ2n) is 10.5. The molecule has 2 atom stereocenters. The van der Waals surface area contributed by atoms with E-state index >= 15 is 0 Å². The molecule has 4 N–H and O–H groups in total. The second kappa shape index (κ2) is 10.8. The number of carbonyl (C=O) groups excluding carboxylic acids is 3. The Morgan fingerprint density at radius 3 is 2.68 bits per heavy atom. The van der Waals surface area contributed by atoms with E-state index in [9.17, 15) is 14.4 Å². The second-order valence-corrected chi connectivity index (χ2v) is 10.5. The fraction of sp³-hybridized carbons (Fsp3) is 0.219. The highest BCUT2D eigenvalue weighted by Gasteiger charge is 2.33. The zero-order chi connectivity index (χ0) is 28.5. The van der Waals surface area contributed by atoms with Gasteiger partial charge in [0.25, 0.3) is 5.91 Å². The summed E-state index contributed by atoms with van der Waals surface area (Å²) in [5.41, 5.74) is 9.66. The molecular weight excluding hydrogens is 516 g/mol. The maximum atomic E-state index is 13.2. The summed E-state index contributed by atoms with van der Waals surface area (Å²) in [7, 11) is 1.67. The van der Waals surface area contributed by atoms with E-state index in [1.54, 1.807) is 37.5 Å². The Morgan fingerprint density at radius 2 is 1.85 bits per heavy atom. The SMILES string of the molecule is CNC(=O)[C@@H]1CC[C@H](n2c(-c3ccc4cnccc4c3)nc3ccc(C(=O)NCc4cccc(C(N)=O)c4)cc32)C1. The minimum absolute atomic E-state index is 0.0529. The van der Waals surface area contributed by atoms with Gasteiger partial charge in [0.1, 0.15) is 5.82 Å². The number of pyridine rings is 1. The Balaban J connectivity index is 1.37. The van der Waals surface area contributed by atoms with E-state index in [1.807, 2.05) is 42.6 Å². The van der Waals surface area contributed by atoms with Crippen molar-refractivity contribution in [2.45, 2.75) is 31.8 Å². The standard InChI is InChI=1S/C32H30N6O3/c1-34-31(40)23-7-9-26(15-23)38-28-16-24(32(41)36-17-19-3-2-4-21(13-19)29(33)39)8-10-27(28)37-30(38)22-5-6-25-18-35-12-11-20(25)14-22/h2-6,8,10-14,16,18,23,26H,7,9,15,17H2,1H3,(H2,33,39)(H,34,40)(H,36,41)/t23-,26+/m1/s1. The molecule has 2 aromatic heterocycles. The van der Waals surface area contributed by atoms with E-state index in [1.165, 1.54) is 0 Å². The van der Waals surface area contributed by atoms with Crippen LogP contribution in [-0.4, -0.2) is 39.3 Å². The van der Waals surface area contributed by atoms with Gasteiger partial charge in [-0.2, -0.15) is 0 Å². The summed E-state index contributed by atoms with van der Waals surface area (Å²) >= 11 is 0. The molecule has 1 aliphatic rings. The zero-order valence-corrected chi connectivity index (χ0v) is 22.6. The van der Waals surface area contributed by atoms with Crippen LogP contribution in [-0.2, 0) is 11.3 Å². The number of nitrogens with two attached hydrogens (primary N) is 1. The molecule has 206 valence electrons. The van der Waals surface area contributed by atoms with Crippen molar-refractivity contribution >= 4 is 39.5 Å². The highest BCUT2D eigenvalue weighted by atomic mass is 16.2. The topological polar surface area (TPSA) is 132 Å². The largest absolute Gasteiger partial charge is 0.366 e. The number of benzene rings is 3. The number of rotatable bonds is 7. The molecule has 9 nitrogen and oxygen atoms in total. The molecule has 9 heteroatoms. The molecule has 0 saturated heterocycles. The van der Waals surface area contributed by atoms with Gasteiger partial charge in [0.05, 0.1) is 11.0 Å². The van der Waals surface area contributed by atoms with E-state index in [2.05, 4.69) is 26.3 Å². The Hall–Kier alpha value is -5.05. The summed E-state index contributed by atoms with van der Waals surface area (Å²) in [5, 5.41) is 7.84. The van der Waals surface area contributed by atoms with Gasteiger partial charge < -0.3 is 20.9 Å². The van der Waals surface area contributed by atoms with Crippen LogP contribution in [0.3, 0.4) is 0 Å². The molecule has 41 heavy (non-hydrogen) atoms. The van der Waals surface area contributed by atoms with Crippen LogP contribution in [0.5, 0.6) is 0 Å². The number of aromatic nitrogens is 3. The highest BCUT2D eigenvalue weighted by Crippen LogP contribution is 2.40. The van der Waals surface area contributed by atoms with Crippen molar-refractivity contribution in [1.82, 2.24) is 25.2 Å². The Bertz CT molecular complexity index is 1810.